The van der Waals surface area contributed by atoms with E-state index in [0.29, 0.717) is 5.56 Å². The molecule has 0 heterocycles. The molecule has 0 aliphatic carbocycles. The molecule has 0 saturated carbocycles. The Hall–Kier alpha value is -1.06. The molecule has 12 heavy (non-hydrogen) atoms. The lowest BCUT2D eigenvalue weighted by atomic mass is 10.1. The maximum Gasteiger partial charge on any atom is 0.344 e. The summed E-state index contributed by atoms with van der Waals surface area (Å²) in [6.45, 7) is 0. The predicted molar refractivity (Wildman–Crippen MR) is 45.8 cm³/mol. The van der Waals surface area contributed by atoms with E-state index in [1.165, 1.54) is 0 Å². The summed E-state index contributed by atoms with van der Waals surface area (Å²) in [6.07, 6.45) is 0. The standard InChI is InChI=1S/C8H8ClNO2/c9-8(10,7(11)12)6-4-2-1-3-5-6/h1-5H,10H2,(H,11,12). The molecular formula is C8H8ClNO2. The molecule has 0 aromatic heterocycles. The summed E-state index contributed by atoms with van der Waals surface area (Å²) in [7, 11) is 0. The van der Waals surface area contributed by atoms with Crippen molar-refractivity contribution in [2.75, 3.05) is 0 Å². The van der Waals surface area contributed by atoms with Gasteiger partial charge >= 0.3 is 5.97 Å². The van der Waals surface area contributed by atoms with Crippen LogP contribution in [0.4, 0.5) is 0 Å². The van der Waals surface area contributed by atoms with Crippen molar-refractivity contribution in [1.29, 1.82) is 0 Å². The van der Waals surface area contributed by atoms with Crippen molar-refractivity contribution in [2.24, 2.45) is 5.73 Å². The number of carboxylic acids is 1. The lowest BCUT2D eigenvalue weighted by molar-refractivity contribution is -0.140. The topological polar surface area (TPSA) is 63.3 Å². The third-order valence-corrected chi connectivity index (χ3v) is 1.89. The van der Waals surface area contributed by atoms with Gasteiger partial charge in [-0.3, -0.25) is 5.73 Å². The molecule has 1 unspecified atom stereocenters. The molecule has 1 aromatic carbocycles. The molecule has 0 bridgehead atoms. The van der Waals surface area contributed by atoms with E-state index in [1.54, 1.807) is 30.3 Å². The molecule has 0 amide bonds. The molecule has 0 saturated heterocycles. The predicted octanol–water partition coefficient (Wildman–Crippen LogP) is 1.12. The van der Waals surface area contributed by atoms with Gasteiger partial charge in [0, 0.05) is 0 Å². The number of carbonyl (C=O) groups is 1. The number of halogens is 1. The van der Waals surface area contributed by atoms with Crippen LogP contribution in [0.25, 0.3) is 0 Å². The first-order valence-electron chi connectivity index (χ1n) is 3.32. The van der Waals surface area contributed by atoms with Crippen molar-refractivity contribution in [2.45, 2.75) is 5.00 Å². The summed E-state index contributed by atoms with van der Waals surface area (Å²) >= 11 is 5.57. The fourth-order valence-electron chi connectivity index (χ4n) is 0.804. The largest absolute Gasteiger partial charge is 0.479 e. The molecule has 3 N–H and O–H groups in total. The maximum absolute atomic E-state index is 10.6. The molecule has 64 valence electrons. The SMILES string of the molecule is NC(Cl)(C(=O)O)c1ccccc1. The Labute approximate surface area is 74.8 Å². The highest BCUT2D eigenvalue weighted by Crippen LogP contribution is 2.22. The highest BCUT2D eigenvalue weighted by Gasteiger charge is 2.32. The van der Waals surface area contributed by atoms with Gasteiger partial charge in [0.1, 0.15) is 0 Å². The zero-order valence-corrected chi connectivity index (χ0v) is 6.95. The first kappa shape index (κ1) is 9.03. The van der Waals surface area contributed by atoms with Crippen LogP contribution in [0.1, 0.15) is 5.56 Å². The van der Waals surface area contributed by atoms with E-state index >= 15 is 0 Å². The lowest BCUT2D eigenvalue weighted by Gasteiger charge is -2.16. The molecule has 1 aromatic rings. The minimum Gasteiger partial charge on any atom is -0.479 e. The second-order valence-electron chi connectivity index (χ2n) is 2.38. The van der Waals surface area contributed by atoms with E-state index in [0.717, 1.165) is 0 Å². The van der Waals surface area contributed by atoms with Gasteiger partial charge in [-0.15, -0.1) is 0 Å². The molecule has 1 rings (SSSR count). The molecule has 0 spiro atoms. The van der Waals surface area contributed by atoms with E-state index in [2.05, 4.69) is 0 Å². The van der Waals surface area contributed by atoms with Crippen LogP contribution in [0, 0.1) is 0 Å². The number of alkyl halides is 1. The lowest BCUT2D eigenvalue weighted by Crippen LogP contribution is -2.38. The molecule has 0 aliphatic heterocycles. The highest BCUT2D eigenvalue weighted by atomic mass is 35.5. The third kappa shape index (κ3) is 1.57. The average molecular weight is 186 g/mol. The highest BCUT2D eigenvalue weighted by molar-refractivity contribution is 6.33. The van der Waals surface area contributed by atoms with Crippen LogP contribution in [0.15, 0.2) is 30.3 Å². The molecular weight excluding hydrogens is 178 g/mol. The van der Waals surface area contributed by atoms with Crippen LogP contribution in [0.5, 0.6) is 0 Å². The van der Waals surface area contributed by atoms with Gasteiger partial charge < -0.3 is 5.11 Å². The Kier molecular flexibility index (Phi) is 2.35. The van der Waals surface area contributed by atoms with E-state index in [1.807, 2.05) is 0 Å². The molecule has 0 radical (unpaired) electrons. The van der Waals surface area contributed by atoms with Gasteiger partial charge in [-0.25, -0.2) is 4.79 Å². The van der Waals surface area contributed by atoms with Gasteiger partial charge in [0.2, 0.25) is 5.00 Å². The number of carboxylic acid groups (broad SMARTS) is 1. The Morgan fingerprint density at radius 2 is 1.92 bits per heavy atom. The van der Waals surface area contributed by atoms with Crippen molar-refractivity contribution in [1.82, 2.24) is 0 Å². The minimum absolute atomic E-state index is 0.374. The maximum atomic E-state index is 10.6. The Morgan fingerprint density at radius 1 is 1.42 bits per heavy atom. The Morgan fingerprint density at radius 3 is 2.33 bits per heavy atom. The van der Waals surface area contributed by atoms with Gasteiger partial charge in [-0.05, 0) is 5.56 Å². The van der Waals surface area contributed by atoms with Crippen LogP contribution >= 0.6 is 11.6 Å². The third-order valence-electron chi connectivity index (χ3n) is 1.51. The zero-order chi connectivity index (χ0) is 9.19. The van der Waals surface area contributed by atoms with Gasteiger partial charge in [-0.2, -0.15) is 0 Å². The zero-order valence-electron chi connectivity index (χ0n) is 6.20. The summed E-state index contributed by atoms with van der Waals surface area (Å²) in [5.74, 6) is -1.25. The second-order valence-corrected chi connectivity index (χ2v) is 2.98. The van der Waals surface area contributed by atoms with Crippen LogP contribution in [0.2, 0.25) is 0 Å². The number of hydrogen-bond acceptors (Lipinski definition) is 2. The van der Waals surface area contributed by atoms with Crippen molar-refractivity contribution < 1.29 is 9.90 Å². The molecule has 1 atom stereocenters. The number of aliphatic carboxylic acids is 1. The molecule has 0 aliphatic rings. The van der Waals surface area contributed by atoms with Crippen molar-refractivity contribution >= 4 is 17.6 Å². The summed E-state index contributed by atoms with van der Waals surface area (Å²) < 4.78 is 0. The monoisotopic (exact) mass is 185 g/mol. The second kappa shape index (κ2) is 3.13. The summed E-state index contributed by atoms with van der Waals surface area (Å²) in [5.41, 5.74) is 5.72. The van der Waals surface area contributed by atoms with Gasteiger partial charge in [0.15, 0.2) is 0 Å². The van der Waals surface area contributed by atoms with Crippen molar-refractivity contribution in [3.05, 3.63) is 35.9 Å². The summed E-state index contributed by atoms with van der Waals surface area (Å²) in [4.78, 5) is 8.75. The smallest absolute Gasteiger partial charge is 0.344 e. The van der Waals surface area contributed by atoms with Gasteiger partial charge in [-0.1, -0.05) is 41.9 Å². The molecule has 3 nitrogen and oxygen atoms in total. The van der Waals surface area contributed by atoms with Gasteiger partial charge in [0.05, 0.1) is 0 Å². The minimum atomic E-state index is -1.82. The van der Waals surface area contributed by atoms with Crippen LogP contribution in [-0.4, -0.2) is 11.1 Å². The Balaban J connectivity index is 3.06. The Bertz CT molecular complexity index is 284. The average Bonchev–Trinajstić information content (AvgIpc) is 2.06. The quantitative estimate of drug-likeness (QED) is 0.536. The summed E-state index contributed by atoms with van der Waals surface area (Å²) in [5, 5.41) is 8.64. The van der Waals surface area contributed by atoms with Crippen LogP contribution in [-0.2, 0) is 9.79 Å². The van der Waals surface area contributed by atoms with Crippen LogP contribution < -0.4 is 5.73 Å². The fourth-order valence-corrected chi connectivity index (χ4v) is 0.930. The normalized spacial score (nSPS) is 15.2. The first-order chi connectivity index (χ1) is 5.55. The fraction of sp³-hybridized carbons (Fsp3) is 0.125. The first-order valence-corrected chi connectivity index (χ1v) is 3.69. The van der Waals surface area contributed by atoms with Crippen molar-refractivity contribution in [3.8, 4) is 0 Å². The molecule has 0 fully saturated rings. The van der Waals surface area contributed by atoms with Gasteiger partial charge in [0.25, 0.3) is 0 Å². The number of nitrogens with two attached hydrogens (primary N) is 1. The van der Waals surface area contributed by atoms with E-state index < -0.39 is 11.0 Å². The number of rotatable bonds is 2. The van der Waals surface area contributed by atoms with E-state index in [4.69, 9.17) is 22.4 Å². The van der Waals surface area contributed by atoms with E-state index in [9.17, 15) is 4.79 Å². The summed E-state index contributed by atoms with van der Waals surface area (Å²) in [6, 6.07) is 8.27. The number of hydrogen-bond donors (Lipinski definition) is 2. The van der Waals surface area contributed by atoms with E-state index in [-0.39, 0.29) is 0 Å². The molecule has 4 heteroatoms. The van der Waals surface area contributed by atoms with Crippen LogP contribution in [0.3, 0.4) is 0 Å². The number of benzene rings is 1. The van der Waals surface area contributed by atoms with Crippen molar-refractivity contribution in [3.63, 3.8) is 0 Å².